The number of thioether (sulfide) groups is 1. The van der Waals surface area contributed by atoms with Crippen molar-refractivity contribution in [2.75, 3.05) is 6.26 Å². The third kappa shape index (κ3) is 2.44. The van der Waals surface area contributed by atoms with Gasteiger partial charge in [0.05, 0.1) is 17.1 Å². The van der Waals surface area contributed by atoms with E-state index in [0.717, 1.165) is 23.5 Å². The van der Waals surface area contributed by atoms with Crippen molar-refractivity contribution in [2.24, 2.45) is 0 Å². The van der Waals surface area contributed by atoms with Crippen LogP contribution in [-0.4, -0.2) is 16.2 Å². The van der Waals surface area contributed by atoms with E-state index in [0.29, 0.717) is 5.25 Å². The van der Waals surface area contributed by atoms with E-state index >= 15 is 0 Å². The second-order valence-corrected chi connectivity index (χ2v) is 4.14. The summed E-state index contributed by atoms with van der Waals surface area (Å²) in [6.45, 7) is 6.18. The first-order valence-electron chi connectivity index (χ1n) is 4.52. The Morgan fingerprint density at radius 2 is 2.08 bits per heavy atom. The van der Waals surface area contributed by atoms with Crippen LogP contribution in [0.3, 0.4) is 0 Å². The topological polar surface area (TPSA) is 25.8 Å². The molecule has 0 radical (unpaired) electrons. The van der Waals surface area contributed by atoms with Crippen molar-refractivity contribution in [2.45, 2.75) is 32.4 Å². The van der Waals surface area contributed by atoms with Crippen LogP contribution in [0.5, 0.6) is 0 Å². The maximum atomic E-state index is 4.53. The van der Waals surface area contributed by atoms with Gasteiger partial charge in [-0.25, -0.2) is 0 Å². The summed E-state index contributed by atoms with van der Waals surface area (Å²) >= 11 is 1.84. The minimum Gasteiger partial charge on any atom is -0.258 e. The first-order valence-corrected chi connectivity index (χ1v) is 5.80. The molecule has 0 saturated carbocycles. The zero-order valence-electron chi connectivity index (χ0n) is 8.66. The Hall–Kier alpha value is -0.570. The van der Waals surface area contributed by atoms with E-state index in [4.69, 9.17) is 0 Å². The van der Waals surface area contributed by atoms with Crippen LogP contribution in [0, 0.1) is 13.8 Å². The van der Waals surface area contributed by atoms with Gasteiger partial charge in [0.2, 0.25) is 0 Å². The van der Waals surface area contributed by atoms with Gasteiger partial charge in [0, 0.05) is 11.4 Å². The van der Waals surface area contributed by atoms with Crippen molar-refractivity contribution in [1.29, 1.82) is 0 Å². The molecule has 72 valence electrons. The zero-order valence-corrected chi connectivity index (χ0v) is 9.48. The predicted octanol–water partition coefficient (Wildman–Crippen LogP) is 2.91. The molecule has 0 spiro atoms. The van der Waals surface area contributed by atoms with E-state index in [1.54, 1.807) is 0 Å². The van der Waals surface area contributed by atoms with Crippen molar-refractivity contribution in [3.8, 4) is 0 Å². The summed E-state index contributed by atoms with van der Waals surface area (Å²) in [5.74, 6) is 0. The van der Waals surface area contributed by atoms with E-state index in [1.165, 1.54) is 0 Å². The van der Waals surface area contributed by atoms with Crippen LogP contribution in [-0.2, 0) is 0 Å². The second kappa shape index (κ2) is 4.61. The summed E-state index contributed by atoms with van der Waals surface area (Å²) < 4.78 is 0. The fourth-order valence-electron chi connectivity index (χ4n) is 1.21. The summed E-state index contributed by atoms with van der Waals surface area (Å²) in [7, 11) is 0. The van der Waals surface area contributed by atoms with Gasteiger partial charge in [0.1, 0.15) is 0 Å². The second-order valence-electron chi connectivity index (χ2n) is 3.10. The largest absolute Gasteiger partial charge is 0.258 e. The third-order valence-corrected chi connectivity index (χ3v) is 3.34. The normalized spacial score (nSPS) is 12.9. The first kappa shape index (κ1) is 10.5. The van der Waals surface area contributed by atoms with Crippen LogP contribution in [0.2, 0.25) is 0 Å². The summed E-state index contributed by atoms with van der Waals surface area (Å²) in [6.07, 6.45) is 5.12. The fourth-order valence-corrected chi connectivity index (χ4v) is 1.90. The number of nitrogens with zero attached hydrogens (tertiary/aromatic N) is 2. The summed E-state index contributed by atoms with van der Waals surface area (Å²) in [6, 6.07) is 0. The van der Waals surface area contributed by atoms with E-state index in [-0.39, 0.29) is 0 Å². The molecule has 13 heavy (non-hydrogen) atoms. The first-order chi connectivity index (χ1) is 6.19. The van der Waals surface area contributed by atoms with E-state index in [9.17, 15) is 0 Å². The molecule has 1 atom stereocenters. The Morgan fingerprint density at radius 1 is 1.38 bits per heavy atom. The van der Waals surface area contributed by atoms with Crippen molar-refractivity contribution in [3.05, 3.63) is 23.3 Å². The molecular formula is C10H16N2S. The maximum Gasteiger partial charge on any atom is 0.0719 e. The lowest BCUT2D eigenvalue weighted by Gasteiger charge is -2.11. The standard InChI is InChI=1S/C10H16N2S/c1-5-10(13-4)9-6-11-7(2)8(3)12-9/h6,10H,5H2,1-4H3. The predicted molar refractivity (Wildman–Crippen MR) is 58.1 cm³/mol. The van der Waals surface area contributed by atoms with Gasteiger partial charge < -0.3 is 0 Å². The molecule has 0 amide bonds. The number of aryl methyl sites for hydroxylation is 2. The van der Waals surface area contributed by atoms with Crippen LogP contribution in [0.4, 0.5) is 0 Å². The molecule has 3 heteroatoms. The Labute approximate surface area is 84.2 Å². The summed E-state index contributed by atoms with van der Waals surface area (Å²) in [4.78, 5) is 8.85. The van der Waals surface area contributed by atoms with E-state index < -0.39 is 0 Å². The minimum atomic E-state index is 0.492. The molecule has 0 saturated heterocycles. The molecule has 0 aliphatic rings. The molecule has 1 heterocycles. The molecule has 2 nitrogen and oxygen atoms in total. The van der Waals surface area contributed by atoms with Gasteiger partial charge in [-0.05, 0) is 26.5 Å². The molecule has 1 aromatic rings. The van der Waals surface area contributed by atoms with Gasteiger partial charge in [0.15, 0.2) is 0 Å². The number of hydrogen-bond acceptors (Lipinski definition) is 3. The van der Waals surface area contributed by atoms with E-state index in [2.05, 4.69) is 23.1 Å². The highest BCUT2D eigenvalue weighted by Gasteiger charge is 2.10. The minimum absolute atomic E-state index is 0.492. The smallest absolute Gasteiger partial charge is 0.0719 e. The van der Waals surface area contributed by atoms with Crippen LogP contribution in [0.25, 0.3) is 0 Å². The molecular weight excluding hydrogens is 180 g/mol. The monoisotopic (exact) mass is 196 g/mol. The van der Waals surface area contributed by atoms with Gasteiger partial charge in [-0.1, -0.05) is 6.92 Å². The Kier molecular flexibility index (Phi) is 3.72. The van der Waals surface area contributed by atoms with Crippen LogP contribution < -0.4 is 0 Å². The van der Waals surface area contributed by atoms with Gasteiger partial charge in [0.25, 0.3) is 0 Å². The molecule has 1 unspecified atom stereocenters. The van der Waals surface area contributed by atoms with Crippen molar-refractivity contribution in [3.63, 3.8) is 0 Å². The molecule has 0 fully saturated rings. The molecule has 0 aliphatic carbocycles. The number of hydrogen-bond donors (Lipinski definition) is 0. The lowest BCUT2D eigenvalue weighted by molar-refractivity contribution is 0.833. The molecule has 0 aromatic carbocycles. The number of aromatic nitrogens is 2. The van der Waals surface area contributed by atoms with Gasteiger partial charge in [-0.3, -0.25) is 9.97 Å². The van der Waals surface area contributed by atoms with Crippen molar-refractivity contribution >= 4 is 11.8 Å². The Morgan fingerprint density at radius 3 is 2.54 bits per heavy atom. The highest BCUT2D eigenvalue weighted by atomic mass is 32.2. The average molecular weight is 196 g/mol. The number of rotatable bonds is 3. The lowest BCUT2D eigenvalue weighted by atomic mass is 10.2. The van der Waals surface area contributed by atoms with Gasteiger partial charge in [-0.15, -0.1) is 0 Å². The van der Waals surface area contributed by atoms with Crippen molar-refractivity contribution < 1.29 is 0 Å². The van der Waals surface area contributed by atoms with E-state index in [1.807, 2.05) is 31.8 Å². The highest BCUT2D eigenvalue weighted by molar-refractivity contribution is 7.98. The quantitative estimate of drug-likeness (QED) is 0.743. The van der Waals surface area contributed by atoms with Crippen LogP contribution in [0.15, 0.2) is 6.20 Å². The molecule has 0 N–H and O–H groups in total. The van der Waals surface area contributed by atoms with Crippen molar-refractivity contribution in [1.82, 2.24) is 9.97 Å². The van der Waals surface area contributed by atoms with Crippen LogP contribution in [0.1, 0.15) is 35.7 Å². The van der Waals surface area contributed by atoms with Gasteiger partial charge in [-0.2, -0.15) is 11.8 Å². The molecule has 1 rings (SSSR count). The SMILES string of the molecule is CCC(SC)c1cnc(C)c(C)n1. The highest BCUT2D eigenvalue weighted by Crippen LogP contribution is 2.27. The molecule has 1 aromatic heterocycles. The molecule has 0 bridgehead atoms. The van der Waals surface area contributed by atoms with Crippen LogP contribution >= 0.6 is 11.8 Å². The molecule has 0 aliphatic heterocycles. The lowest BCUT2D eigenvalue weighted by Crippen LogP contribution is -2.00. The average Bonchev–Trinajstić information content (AvgIpc) is 2.13. The third-order valence-electron chi connectivity index (χ3n) is 2.20. The summed E-state index contributed by atoms with van der Waals surface area (Å²) in [5, 5.41) is 0.492. The fraction of sp³-hybridized carbons (Fsp3) is 0.600. The zero-order chi connectivity index (χ0) is 9.84. The Bertz CT molecular complexity index is 282. The summed E-state index contributed by atoms with van der Waals surface area (Å²) in [5.41, 5.74) is 3.18. The van der Waals surface area contributed by atoms with Gasteiger partial charge >= 0.3 is 0 Å². The Balaban J connectivity index is 2.95. The maximum absolute atomic E-state index is 4.53.